The number of aliphatic hydroxyl groups is 2. The van der Waals surface area contributed by atoms with Crippen LogP contribution in [0.25, 0.3) is 0 Å². The third kappa shape index (κ3) is 50.0. The Hall–Kier alpha value is -1.40. The lowest BCUT2D eigenvalue weighted by molar-refractivity contribution is -0.143. The summed E-state index contributed by atoms with van der Waals surface area (Å²) >= 11 is 0. The third-order valence-corrected chi connectivity index (χ3v) is 13.6. The van der Waals surface area contributed by atoms with Gasteiger partial charge in [-0.25, -0.2) is 0 Å². The molecule has 0 saturated heterocycles. The van der Waals surface area contributed by atoms with Gasteiger partial charge in [-0.2, -0.15) is 0 Å². The third-order valence-electron chi connectivity index (χ3n) is 13.6. The van der Waals surface area contributed by atoms with Gasteiger partial charge in [0.05, 0.1) is 25.4 Å². The smallest absolute Gasteiger partial charge is 0.305 e. The number of hydrogen-bond donors (Lipinski definition) is 3. The molecule has 2 atom stereocenters. The Morgan fingerprint density at radius 1 is 0.422 bits per heavy atom. The fraction of sp³-hybridized carbons (Fsp3) is 0.931. The maximum atomic E-state index is 12.5. The van der Waals surface area contributed by atoms with Crippen molar-refractivity contribution in [1.82, 2.24) is 5.32 Å². The number of allylic oxidation sites excluding steroid dienone is 2. The molecule has 0 spiro atoms. The molecule has 64 heavy (non-hydrogen) atoms. The monoisotopic (exact) mass is 904 g/mol. The second-order valence-electron chi connectivity index (χ2n) is 20.0. The molecular formula is C58H113NO5. The molecule has 0 rings (SSSR count). The van der Waals surface area contributed by atoms with Crippen molar-refractivity contribution in [2.75, 3.05) is 13.2 Å². The van der Waals surface area contributed by atoms with E-state index < -0.39 is 12.1 Å². The molecule has 0 heterocycles. The van der Waals surface area contributed by atoms with E-state index in [4.69, 9.17) is 4.74 Å². The first kappa shape index (κ1) is 62.6. The highest BCUT2D eigenvalue weighted by Gasteiger charge is 2.20. The zero-order valence-corrected chi connectivity index (χ0v) is 43.3. The predicted molar refractivity (Wildman–Crippen MR) is 278 cm³/mol. The average Bonchev–Trinajstić information content (AvgIpc) is 3.29. The second kappa shape index (κ2) is 54.2. The van der Waals surface area contributed by atoms with Gasteiger partial charge in [0.25, 0.3) is 0 Å². The molecule has 0 aromatic carbocycles. The maximum absolute atomic E-state index is 12.5. The molecule has 0 bridgehead atoms. The molecule has 3 N–H and O–H groups in total. The van der Waals surface area contributed by atoms with Gasteiger partial charge in [0, 0.05) is 12.8 Å². The van der Waals surface area contributed by atoms with Gasteiger partial charge in [-0.05, 0) is 51.4 Å². The van der Waals surface area contributed by atoms with E-state index in [1.165, 1.54) is 231 Å². The summed E-state index contributed by atoms with van der Waals surface area (Å²) in [4.78, 5) is 24.6. The number of esters is 1. The van der Waals surface area contributed by atoms with Gasteiger partial charge in [-0.1, -0.05) is 270 Å². The summed E-state index contributed by atoms with van der Waals surface area (Å²) < 4.78 is 5.47. The standard InChI is InChI=1S/C58H113NO5/c1-3-5-7-9-11-13-15-17-19-21-22-23-24-26-30-34-38-42-46-50-56(61)55(54-60)59-57(62)51-47-43-39-35-31-28-29-33-37-41-45-49-53-64-58(63)52-48-44-40-36-32-27-25-20-18-16-14-12-10-8-6-4-2/h20,25,55-56,60-61H,3-19,21-24,26-54H2,1-2H3,(H,59,62)/b25-20-. The molecule has 6 heteroatoms. The Kier molecular flexibility index (Phi) is 53.0. The number of carbonyl (C=O) groups is 2. The minimum Gasteiger partial charge on any atom is -0.466 e. The van der Waals surface area contributed by atoms with Crippen LogP contribution in [0.1, 0.15) is 322 Å². The van der Waals surface area contributed by atoms with Crippen molar-refractivity contribution >= 4 is 11.9 Å². The number of rotatable bonds is 54. The SMILES string of the molecule is CCCCCCCCC/C=C\CCCCCCCC(=O)OCCCCCCCCCCCCCCC(=O)NC(CO)C(O)CCCCCCCCCCCCCCCCCCCCC. The Balaban J connectivity index is 3.45. The van der Waals surface area contributed by atoms with E-state index in [-0.39, 0.29) is 18.5 Å². The van der Waals surface area contributed by atoms with Crippen LogP contribution >= 0.6 is 0 Å². The topological polar surface area (TPSA) is 95.9 Å². The molecule has 6 nitrogen and oxygen atoms in total. The highest BCUT2D eigenvalue weighted by Crippen LogP contribution is 2.17. The normalized spacial score (nSPS) is 12.6. The van der Waals surface area contributed by atoms with Crippen molar-refractivity contribution in [2.24, 2.45) is 0 Å². The van der Waals surface area contributed by atoms with E-state index in [0.29, 0.717) is 25.9 Å². The van der Waals surface area contributed by atoms with Crippen molar-refractivity contribution in [1.29, 1.82) is 0 Å². The van der Waals surface area contributed by atoms with Gasteiger partial charge < -0.3 is 20.3 Å². The van der Waals surface area contributed by atoms with Crippen LogP contribution in [0.3, 0.4) is 0 Å². The number of amides is 1. The van der Waals surface area contributed by atoms with Gasteiger partial charge in [-0.3, -0.25) is 9.59 Å². The molecule has 0 saturated carbocycles. The summed E-state index contributed by atoms with van der Waals surface area (Å²) in [6, 6.07) is -0.553. The summed E-state index contributed by atoms with van der Waals surface area (Å²) in [5, 5.41) is 23.3. The minimum absolute atomic E-state index is 0.0156. The van der Waals surface area contributed by atoms with Gasteiger partial charge in [-0.15, -0.1) is 0 Å². The Morgan fingerprint density at radius 3 is 1.11 bits per heavy atom. The molecular weight excluding hydrogens is 791 g/mol. The molecule has 0 fully saturated rings. The number of nitrogens with one attached hydrogen (secondary N) is 1. The first-order valence-electron chi connectivity index (χ1n) is 28.9. The van der Waals surface area contributed by atoms with Crippen LogP contribution in [-0.4, -0.2) is 47.4 Å². The fourth-order valence-corrected chi connectivity index (χ4v) is 9.11. The molecule has 0 aromatic rings. The molecule has 0 aliphatic rings. The van der Waals surface area contributed by atoms with Crippen LogP contribution < -0.4 is 5.32 Å². The fourth-order valence-electron chi connectivity index (χ4n) is 9.11. The summed E-state index contributed by atoms with van der Waals surface area (Å²) in [7, 11) is 0. The molecule has 380 valence electrons. The van der Waals surface area contributed by atoms with Crippen LogP contribution in [-0.2, 0) is 14.3 Å². The van der Waals surface area contributed by atoms with Crippen molar-refractivity contribution in [3.63, 3.8) is 0 Å². The number of unbranched alkanes of at least 4 members (excludes halogenated alkanes) is 41. The van der Waals surface area contributed by atoms with E-state index >= 15 is 0 Å². The van der Waals surface area contributed by atoms with Crippen LogP contribution in [0.5, 0.6) is 0 Å². The number of hydrogen-bond acceptors (Lipinski definition) is 5. The lowest BCUT2D eigenvalue weighted by atomic mass is 10.0. The van der Waals surface area contributed by atoms with Crippen LogP contribution in [0.15, 0.2) is 12.2 Å². The van der Waals surface area contributed by atoms with E-state index in [2.05, 4.69) is 31.3 Å². The maximum Gasteiger partial charge on any atom is 0.305 e. The van der Waals surface area contributed by atoms with Gasteiger partial charge in [0.1, 0.15) is 0 Å². The van der Waals surface area contributed by atoms with Gasteiger partial charge in [0.2, 0.25) is 5.91 Å². The summed E-state index contributed by atoms with van der Waals surface area (Å²) in [5.74, 6) is -0.0634. The van der Waals surface area contributed by atoms with Crippen LogP contribution in [0.4, 0.5) is 0 Å². The average molecular weight is 905 g/mol. The molecule has 0 radical (unpaired) electrons. The van der Waals surface area contributed by atoms with Crippen molar-refractivity contribution in [3.8, 4) is 0 Å². The van der Waals surface area contributed by atoms with E-state index in [1.54, 1.807) is 0 Å². The van der Waals surface area contributed by atoms with Gasteiger partial charge in [0.15, 0.2) is 0 Å². The van der Waals surface area contributed by atoms with Crippen molar-refractivity contribution in [3.05, 3.63) is 12.2 Å². The zero-order chi connectivity index (χ0) is 46.5. The number of carbonyl (C=O) groups excluding carboxylic acids is 2. The van der Waals surface area contributed by atoms with Crippen molar-refractivity contribution < 1.29 is 24.5 Å². The molecule has 0 aliphatic carbocycles. The molecule has 0 aliphatic heterocycles. The highest BCUT2D eigenvalue weighted by atomic mass is 16.5. The quantitative estimate of drug-likeness (QED) is 0.0321. The lowest BCUT2D eigenvalue weighted by Crippen LogP contribution is -2.45. The van der Waals surface area contributed by atoms with E-state index in [0.717, 1.165) is 57.8 Å². The summed E-state index contributed by atoms with van der Waals surface area (Å²) in [6.07, 6.45) is 63.3. The highest BCUT2D eigenvalue weighted by molar-refractivity contribution is 5.76. The van der Waals surface area contributed by atoms with E-state index in [9.17, 15) is 19.8 Å². The second-order valence-corrected chi connectivity index (χ2v) is 20.0. The Labute approximate surface area is 399 Å². The zero-order valence-electron chi connectivity index (χ0n) is 43.3. The molecule has 2 unspecified atom stereocenters. The first-order chi connectivity index (χ1) is 31.5. The van der Waals surface area contributed by atoms with Crippen molar-refractivity contribution in [2.45, 2.75) is 334 Å². The summed E-state index contributed by atoms with van der Waals surface area (Å²) in [5.41, 5.74) is 0. The van der Waals surface area contributed by atoms with Crippen LogP contribution in [0, 0.1) is 0 Å². The lowest BCUT2D eigenvalue weighted by Gasteiger charge is -2.22. The minimum atomic E-state index is -0.675. The van der Waals surface area contributed by atoms with E-state index in [1.807, 2.05) is 0 Å². The van der Waals surface area contributed by atoms with Crippen LogP contribution in [0.2, 0.25) is 0 Å². The Morgan fingerprint density at radius 2 is 0.734 bits per heavy atom. The summed E-state index contributed by atoms with van der Waals surface area (Å²) in [6.45, 7) is 4.94. The first-order valence-corrected chi connectivity index (χ1v) is 28.9. The Bertz CT molecular complexity index is 955. The largest absolute Gasteiger partial charge is 0.466 e. The van der Waals surface area contributed by atoms with Gasteiger partial charge >= 0.3 is 5.97 Å². The predicted octanol–water partition coefficient (Wildman–Crippen LogP) is 17.7. The number of ether oxygens (including phenoxy) is 1. The molecule has 0 aromatic heterocycles. The molecule has 1 amide bonds. The number of aliphatic hydroxyl groups excluding tert-OH is 2.